The summed E-state index contributed by atoms with van der Waals surface area (Å²) in [5, 5.41) is 3.28. The van der Waals surface area contributed by atoms with Crippen LogP contribution in [0.1, 0.15) is 6.92 Å². The summed E-state index contributed by atoms with van der Waals surface area (Å²) in [6.07, 6.45) is 12.2. The zero-order valence-corrected chi connectivity index (χ0v) is 15.4. The minimum Gasteiger partial charge on any atom is -0.490 e. The Kier molecular flexibility index (Phi) is 8.71. The molecule has 1 atom stereocenters. The van der Waals surface area contributed by atoms with Gasteiger partial charge in [0.1, 0.15) is 18.3 Å². The molecule has 0 aromatic carbocycles. The summed E-state index contributed by atoms with van der Waals surface area (Å²) < 4.78 is 5.70. The van der Waals surface area contributed by atoms with E-state index in [1.165, 1.54) is 0 Å². The molecule has 1 aliphatic heterocycles. The van der Waals surface area contributed by atoms with Gasteiger partial charge >= 0.3 is 21.1 Å². The van der Waals surface area contributed by atoms with Crippen molar-refractivity contribution in [3.63, 3.8) is 0 Å². The molecular weight excluding hydrogens is 450 g/mol. The fourth-order valence-electron chi connectivity index (χ4n) is 2.08. The van der Waals surface area contributed by atoms with E-state index in [4.69, 9.17) is 4.74 Å². The fraction of sp³-hybridized carbons (Fsp3) is 0.375. The molecule has 5 nitrogen and oxygen atoms in total. The third kappa shape index (κ3) is 5.74. The number of amides is 1. The zero-order chi connectivity index (χ0) is 14.9. The Morgan fingerprint density at radius 2 is 2.45 bits per heavy atom. The summed E-state index contributed by atoms with van der Waals surface area (Å²) in [4.78, 5) is 17.9. The first-order valence-corrected chi connectivity index (χ1v) is 6.94. The molecule has 1 fully saturated rings. The van der Waals surface area contributed by atoms with Gasteiger partial charge in [-0.1, -0.05) is 0 Å². The van der Waals surface area contributed by atoms with Gasteiger partial charge in [-0.15, -0.1) is 6.92 Å². The van der Waals surface area contributed by atoms with Crippen LogP contribution in [-0.2, 0) is 25.9 Å². The van der Waals surface area contributed by atoms with Gasteiger partial charge in [-0.25, -0.2) is 0 Å². The van der Waals surface area contributed by atoms with Gasteiger partial charge in [-0.3, -0.25) is 15.9 Å². The Bertz CT molecular complexity index is 505. The van der Waals surface area contributed by atoms with Crippen LogP contribution in [0.25, 0.3) is 0 Å². The number of nitrogens with one attached hydrogen (secondary N) is 1. The number of aromatic nitrogens is 1. The fourth-order valence-corrected chi connectivity index (χ4v) is 2.08. The smallest absolute Gasteiger partial charge is 0.490 e. The molecule has 1 N–H and O–H groups in total. The average Bonchev–Trinajstić information content (AvgIpc) is 2.54. The summed E-state index contributed by atoms with van der Waals surface area (Å²) in [7, 11) is 0. The summed E-state index contributed by atoms with van der Waals surface area (Å²) >= 11 is 0. The number of pyridine rings is 1. The first kappa shape index (κ1) is 18.6. The molecule has 116 valence electrons. The molecule has 0 aliphatic carbocycles. The Balaban J connectivity index is 0.00000242. The van der Waals surface area contributed by atoms with Gasteiger partial charge in [0.15, 0.2) is 0 Å². The Labute approximate surface area is 145 Å². The van der Waals surface area contributed by atoms with E-state index in [-0.39, 0.29) is 33.0 Å². The van der Waals surface area contributed by atoms with Gasteiger partial charge in [0, 0.05) is 25.8 Å². The molecule has 2 heterocycles. The molecule has 22 heavy (non-hydrogen) atoms. The molecule has 6 heteroatoms. The maximum atomic E-state index is 12.1. The third-order valence-corrected chi connectivity index (χ3v) is 3.14. The second-order valence-electron chi connectivity index (χ2n) is 4.62. The van der Waals surface area contributed by atoms with Crippen molar-refractivity contribution in [1.82, 2.24) is 15.2 Å². The number of allylic oxidation sites excluding steroid dienone is 3. The van der Waals surface area contributed by atoms with Gasteiger partial charge in [0.2, 0.25) is 0 Å². The van der Waals surface area contributed by atoms with Crippen molar-refractivity contribution in [3.8, 4) is 5.75 Å². The van der Waals surface area contributed by atoms with Crippen molar-refractivity contribution in [3.05, 3.63) is 48.8 Å². The predicted molar refractivity (Wildman–Crippen MR) is 79.4 cm³/mol. The predicted octanol–water partition coefficient (Wildman–Crippen LogP) is 0.997. The van der Waals surface area contributed by atoms with Crippen LogP contribution in [0.15, 0.2) is 36.7 Å². The number of rotatable bonds is 5. The van der Waals surface area contributed by atoms with Crippen LogP contribution in [0, 0.1) is 12.2 Å². The first-order valence-electron chi connectivity index (χ1n) is 6.94. The van der Waals surface area contributed by atoms with E-state index in [1.54, 1.807) is 36.4 Å². The molecule has 0 saturated carbocycles. The maximum absolute atomic E-state index is 12.1. The van der Waals surface area contributed by atoms with E-state index >= 15 is 0 Å². The van der Waals surface area contributed by atoms with Crippen LogP contribution in [0.5, 0.6) is 5.75 Å². The zero-order valence-electron chi connectivity index (χ0n) is 12.5. The van der Waals surface area contributed by atoms with Gasteiger partial charge in [0.05, 0.1) is 12.2 Å². The minimum absolute atomic E-state index is 0. The largest absolute Gasteiger partial charge is 2.00 e. The van der Waals surface area contributed by atoms with Crippen molar-refractivity contribution in [1.29, 1.82) is 0 Å². The molecule has 0 bridgehead atoms. The van der Waals surface area contributed by atoms with Crippen LogP contribution in [0.3, 0.4) is 0 Å². The first-order chi connectivity index (χ1) is 10.3. The number of hydrogen-bond acceptors (Lipinski definition) is 4. The van der Waals surface area contributed by atoms with Gasteiger partial charge in [-0.2, -0.15) is 0 Å². The third-order valence-electron chi connectivity index (χ3n) is 3.14. The standard InChI is InChI=1S/C16H19N3O2.W/c1-2-3-4-7-16(20)19-10-9-18-11-14(19)13-21-15-6-5-8-17-12-15;/h3-6,8,12,14,18H,9-11,13H2,1H3;/q-2;+2. The number of ether oxygens (including phenoxy) is 1. The molecule has 1 unspecified atom stereocenters. The van der Waals surface area contributed by atoms with Crippen LogP contribution in [0.2, 0.25) is 0 Å². The number of nitrogens with zero attached hydrogens (tertiary/aromatic N) is 2. The monoisotopic (exact) mass is 469 g/mol. The number of carbonyl (C=O) groups is 1. The molecular formula is C16H19N3O2W. The van der Waals surface area contributed by atoms with Crippen molar-refractivity contribution in [2.45, 2.75) is 13.0 Å². The number of carbonyl (C=O) groups excluding carboxylic acids is 1. The average molecular weight is 469 g/mol. The SMILES string of the molecule is C[C-]=CC=[C-]C(=O)N1CCNCC1COc1cccnc1.[W+2]. The number of hydrogen-bond donors (Lipinski definition) is 1. The summed E-state index contributed by atoms with van der Waals surface area (Å²) in [5.74, 6) is 0.585. The Morgan fingerprint density at radius 1 is 1.59 bits per heavy atom. The molecule has 0 spiro atoms. The maximum Gasteiger partial charge on any atom is 2.00 e. The van der Waals surface area contributed by atoms with Gasteiger partial charge in [-0.05, 0) is 12.1 Å². The van der Waals surface area contributed by atoms with E-state index in [0.29, 0.717) is 25.4 Å². The van der Waals surface area contributed by atoms with Crippen molar-refractivity contribution in [2.75, 3.05) is 26.2 Å². The van der Waals surface area contributed by atoms with Crippen LogP contribution in [-0.4, -0.2) is 48.1 Å². The van der Waals surface area contributed by atoms with E-state index in [0.717, 1.165) is 6.54 Å². The summed E-state index contributed by atoms with van der Waals surface area (Å²) in [6.45, 7) is 4.36. The molecule has 1 aromatic rings. The van der Waals surface area contributed by atoms with Crippen LogP contribution in [0.4, 0.5) is 0 Å². The molecule has 0 radical (unpaired) electrons. The van der Waals surface area contributed by atoms with Crippen LogP contribution < -0.4 is 10.1 Å². The minimum atomic E-state index is -0.122. The van der Waals surface area contributed by atoms with E-state index in [9.17, 15) is 4.79 Å². The topological polar surface area (TPSA) is 54.5 Å². The molecule has 2 rings (SSSR count). The summed E-state index contributed by atoms with van der Waals surface area (Å²) in [5.41, 5.74) is 0. The quantitative estimate of drug-likeness (QED) is 0.398. The van der Waals surface area contributed by atoms with Gasteiger partial charge in [0.25, 0.3) is 0 Å². The number of piperazine rings is 1. The molecule has 1 amide bonds. The molecule has 1 aliphatic rings. The van der Waals surface area contributed by atoms with Crippen LogP contribution >= 0.6 is 0 Å². The van der Waals surface area contributed by atoms with E-state index in [2.05, 4.69) is 22.5 Å². The van der Waals surface area contributed by atoms with Gasteiger partial charge < -0.3 is 33.2 Å². The summed E-state index contributed by atoms with van der Waals surface area (Å²) in [6, 6.07) is 3.66. The van der Waals surface area contributed by atoms with Crippen molar-refractivity contribution in [2.24, 2.45) is 0 Å². The second-order valence-corrected chi connectivity index (χ2v) is 4.62. The molecule has 1 aromatic heterocycles. The van der Waals surface area contributed by atoms with E-state index < -0.39 is 0 Å². The molecule has 1 saturated heterocycles. The Hall–Kier alpha value is -1.45. The van der Waals surface area contributed by atoms with E-state index in [1.807, 2.05) is 12.1 Å². The van der Waals surface area contributed by atoms with Crippen molar-refractivity contribution >= 4 is 5.91 Å². The Morgan fingerprint density at radius 3 is 3.18 bits per heavy atom. The normalized spacial score (nSPS) is 18.4. The second kappa shape index (κ2) is 10.3. The van der Waals surface area contributed by atoms with Crippen molar-refractivity contribution < 1.29 is 30.6 Å².